The Morgan fingerprint density at radius 1 is 0.955 bits per heavy atom. The van der Waals surface area contributed by atoms with Crippen LogP contribution in [0.5, 0.6) is 0 Å². The molecule has 0 aromatic rings. The molecule has 0 fully saturated rings. The summed E-state index contributed by atoms with van der Waals surface area (Å²) in [4.78, 5) is 11.4. The molecule has 0 aliphatic heterocycles. The van der Waals surface area contributed by atoms with Gasteiger partial charge < -0.3 is 24.4 Å². The van der Waals surface area contributed by atoms with Gasteiger partial charge in [-0.2, -0.15) is 0 Å². The summed E-state index contributed by atoms with van der Waals surface area (Å²) < 4.78 is 15.3. The first-order valence-electron chi connectivity index (χ1n) is 7.47. The second kappa shape index (κ2) is 12.2. The van der Waals surface area contributed by atoms with Gasteiger partial charge in [0.1, 0.15) is 11.9 Å². The lowest BCUT2D eigenvalue weighted by Crippen LogP contribution is -2.16. The van der Waals surface area contributed by atoms with Crippen molar-refractivity contribution < 1.29 is 29.2 Å². The van der Waals surface area contributed by atoms with Gasteiger partial charge >= 0.3 is 5.97 Å². The van der Waals surface area contributed by atoms with Gasteiger partial charge in [-0.1, -0.05) is 19.6 Å². The van der Waals surface area contributed by atoms with Crippen molar-refractivity contribution in [3.63, 3.8) is 0 Å². The summed E-state index contributed by atoms with van der Waals surface area (Å²) in [6.45, 7) is 11.0. The Labute approximate surface area is 132 Å². The molecule has 0 heterocycles. The number of aliphatic hydroxyl groups is 2. The van der Waals surface area contributed by atoms with Crippen LogP contribution in [0.25, 0.3) is 0 Å². The summed E-state index contributed by atoms with van der Waals surface area (Å²) in [5, 5.41) is 18.3. The van der Waals surface area contributed by atoms with Crippen LogP contribution in [0.3, 0.4) is 0 Å². The molecule has 0 saturated carbocycles. The number of hydrogen-bond acceptors (Lipinski definition) is 6. The highest BCUT2D eigenvalue weighted by Crippen LogP contribution is 2.05. The maximum absolute atomic E-state index is 11.4. The molecule has 0 saturated heterocycles. The minimum Gasteiger partial charge on any atom is -0.470 e. The zero-order valence-electron chi connectivity index (χ0n) is 13.5. The summed E-state index contributed by atoms with van der Waals surface area (Å²) in [5.74, 6) is -0.255. The molecule has 0 rings (SSSR count). The monoisotopic (exact) mass is 316 g/mol. The molecule has 0 aromatic carbocycles. The number of rotatable bonds is 13. The highest BCUT2D eigenvalue weighted by atomic mass is 16.7. The second-order valence-corrected chi connectivity index (χ2v) is 5.06. The molecule has 2 atom stereocenters. The number of carbonyl (C=O) groups is 1. The number of carbonyl (C=O) groups excluding carboxylic acids is 1. The van der Waals surface area contributed by atoms with E-state index in [0.29, 0.717) is 19.0 Å². The van der Waals surface area contributed by atoms with E-state index in [0.717, 1.165) is 25.7 Å². The van der Waals surface area contributed by atoms with Gasteiger partial charge in [0, 0.05) is 0 Å². The molecule has 0 spiro atoms. The second-order valence-electron chi connectivity index (χ2n) is 5.06. The molecule has 0 aromatic heterocycles. The largest absolute Gasteiger partial charge is 0.470 e. The van der Waals surface area contributed by atoms with Crippen molar-refractivity contribution in [1.82, 2.24) is 0 Å². The van der Waals surface area contributed by atoms with E-state index < -0.39 is 18.2 Å². The van der Waals surface area contributed by atoms with E-state index in [1.54, 1.807) is 6.92 Å². The van der Waals surface area contributed by atoms with E-state index in [1.165, 1.54) is 6.92 Å². The number of unbranched alkanes of at least 4 members (excludes halogenated alkanes) is 3. The topological polar surface area (TPSA) is 85.2 Å². The van der Waals surface area contributed by atoms with Crippen molar-refractivity contribution in [2.45, 2.75) is 51.7 Å². The van der Waals surface area contributed by atoms with Crippen LogP contribution < -0.4 is 0 Å². The van der Waals surface area contributed by atoms with Crippen LogP contribution in [0, 0.1) is 0 Å². The summed E-state index contributed by atoms with van der Waals surface area (Å²) in [6, 6.07) is 0. The Kier molecular flexibility index (Phi) is 11.4. The lowest BCUT2D eigenvalue weighted by atomic mass is 10.2. The van der Waals surface area contributed by atoms with Crippen LogP contribution in [0.4, 0.5) is 0 Å². The third-order valence-electron chi connectivity index (χ3n) is 2.98. The van der Waals surface area contributed by atoms with Crippen molar-refractivity contribution >= 4 is 5.97 Å². The van der Waals surface area contributed by atoms with Crippen LogP contribution in [0.1, 0.15) is 39.5 Å². The van der Waals surface area contributed by atoms with Crippen molar-refractivity contribution in [2.75, 3.05) is 20.0 Å². The molecular weight excluding hydrogens is 288 g/mol. The van der Waals surface area contributed by atoms with Crippen LogP contribution in [0.15, 0.2) is 24.5 Å². The Morgan fingerprint density at radius 2 is 1.55 bits per heavy atom. The fraction of sp³-hybridized carbons (Fsp3) is 0.688. The van der Waals surface area contributed by atoms with Crippen molar-refractivity contribution in [3.05, 3.63) is 24.5 Å². The number of esters is 1. The minimum absolute atomic E-state index is 0.0761. The molecule has 0 amide bonds. The van der Waals surface area contributed by atoms with E-state index >= 15 is 0 Å². The van der Waals surface area contributed by atoms with Crippen molar-refractivity contribution in [1.29, 1.82) is 0 Å². The van der Waals surface area contributed by atoms with Gasteiger partial charge in [0.25, 0.3) is 0 Å². The fourth-order valence-electron chi connectivity index (χ4n) is 1.38. The fourth-order valence-corrected chi connectivity index (χ4v) is 1.38. The average Bonchev–Trinajstić information content (AvgIpc) is 2.47. The van der Waals surface area contributed by atoms with Crippen molar-refractivity contribution in [2.24, 2.45) is 0 Å². The SMILES string of the molecule is C=C(OCOCCCCCCOC(=O)C(=C)C(C)O)C(C)O. The summed E-state index contributed by atoms with van der Waals surface area (Å²) in [6.07, 6.45) is 1.92. The number of hydrogen-bond donors (Lipinski definition) is 2. The van der Waals surface area contributed by atoms with Crippen molar-refractivity contribution in [3.8, 4) is 0 Å². The average molecular weight is 316 g/mol. The molecular formula is C16H28O6. The molecule has 2 N–H and O–H groups in total. The molecule has 6 heteroatoms. The first kappa shape index (κ1) is 20.6. The lowest BCUT2D eigenvalue weighted by molar-refractivity contribution is -0.140. The lowest BCUT2D eigenvalue weighted by Gasteiger charge is -2.11. The van der Waals surface area contributed by atoms with Gasteiger partial charge in [-0.15, -0.1) is 0 Å². The Morgan fingerprint density at radius 3 is 2.09 bits per heavy atom. The van der Waals surface area contributed by atoms with E-state index in [1.807, 2.05) is 0 Å². The first-order valence-corrected chi connectivity index (χ1v) is 7.47. The number of ether oxygens (including phenoxy) is 3. The van der Waals surface area contributed by atoms with E-state index in [2.05, 4.69) is 13.2 Å². The predicted octanol–water partition coefficient (Wildman–Crippen LogP) is 1.91. The molecule has 2 unspecified atom stereocenters. The first-order chi connectivity index (χ1) is 10.4. The van der Waals surface area contributed by atoms with Gasteiger partial charge in [-0.3, -0.25) is 0 Å². The molecule has 0 bridgehead atoms. The highest BCUT2D eigenvalue weighted by molar-refractivity contribution is 5.88. The normalized spacial score (nSPS) is 13.3. The minimum atomic E-state index is -0.878. The highest BCUT2D eigenvalue weighted by Gasteiger charge is 2.12. The van der Waals surface area contributed by atoms with E-state index in [4.69, 9.17) is 24.4 Å². The zero-order chi connectivity index (χ0) is 17.0. The van der Waals surface area contributed by atoms with Gasteiger partial charge in [0.15, 0.2) is 6.79 Å². The molecule has 6 nitrogen and oxygen atoms in total. The summed E-state index contributed by atoms with van der Waals surface area (Å²) in [7, 11) is 0. The molecule has 22 heavy (non-hydrogen) atoms. The summed E-state index contributed by atoms with van der Waals surface area (Å²) >= 11 is 0. The molecule has 0 radical (unpaired) electrons. The Hall–Kier alpha value is -1.37. The van der Waals surface area contributed by atoms with Crippen LogP contribution >= 0.6 is 0 Å². The van der Waals surface area contributed by atoms with Crippen LogP contribution in [-0.2, 0) is 19.0 Å². The standard InChI is InChI=1S/C16H28O6/c1-12(13(2)17)16(19)21-10-8-6-5-7-9-20-11-22-15(4)14(3)18/h13-14,17-18H,1,4-11H2,2-3H3. The molecule has 0 aliphatic carbocycles. The van der Waals surface area contributed by atoms with E-state index in [9.17, 15) is 4.79 Å². The van der Waals surface area contributed by atoms with Crippen LogP contribution in [0.2, 0.25) is 0 Å². The Bertz CT molecular complexity index is 349. The molecule has 128 valence electrons. The molecule has 0 aliphatic rings. The smallest absolute Gasteiger partial charge is 0.336 e. The van der Waals surface area contributed by atoms with Gasteiger partial charge in [0.05, 0.1) is 24.9 Å². The van der Waals surface area contributed by atoms with Gasteiger partial charge in [-0.25, -0.2) is 4.79 Å². The van der Waals surface area contributed by atoms with Gasteiger partial charge in [0.2, 0.25) is 0 Å². The van der Waals surface area contributed by atoms with E-state index in [-0.39, 0.29) is 12.4 Å². The maximum atomic E-state index is 11.4. The Balaban J connectivity index is 3.36. The van der Waals surface area contributed by atoms with Crippen LogP contribution in [-0.4, -0.2) is 48.4 Å². The predicted molar refractivity (Wildman–Crippen MR) is 83.0 cm³/mol. The number of aliphatic hydroxyl groups excluding tert-OH is 2. The van der Waals surface area contributed by atoms with Gasteiger partial charge in [-0.05, 0) is 33.1 Å². The third kappa shape index (κ3) is 10.4. The third-order valence-corrected chi connectivity index (χ3v) is 2.98. The maximum Gasteiger partial charge on any atom is 0.336 e. The quantitative estimate of drug-likeness (QED) is 0.177. The zero-order valence-corrected chi connectivity index (χ0v) is 13.5. The summed E-state index contributed by atoms with van der Waals surface area (Å²) in [5.41, 5.74) is 0.0761.